The first-order valence-corrected chi connectivity index (χ1v) is 7.81. The molecule has 1 saturated heterocycles. The van der Waals surface area contributed by atoms with Crippen LogP contribution in [0.15, 0.2) is 24.4 Å². The van der Waals surface area contributed by atoms with Gasteiger partial charge in [0.1, 0.15) is 0 Å². The fourth-order valence-electron chi connectivity index (χ4n) is 3.10. The predicted molar refractivity (Wildman–Crippen MR) is 82.2 cm³/mol. The van der Waals surface area contributed by atoms with E-state index in [0.717, 1.165) is 37.3 Å². The molecule has 0 bridgehead atoms. The molecule has 1 N–H and O–H groups in total. The van der Waals surface area contributed by atoms with E-state index < -0.39 is 0 Å². The van der Waals surface area contributed by atoms with Crippen molar-refractivity contribution in [2.75, 3.05) is 6.61 Å². The molecule has 0 radical (unpaired) electrons. The Morgan fingerprint density at radius 3 is 3.14 bits per heavy atom. The maximum Gasteiger partial charge on any atom is 0.160 e. The summed E-state index contributed by atoms with van der Waals surface area (Å²) in [5.41, 5.74) is 0.897. The molecule has 3 unspecified atom stereocenters. The van der Waals surface area contributed by atoms with E-state index in [0.29, 0.717) is 6.04 Å². The van der Waals surface area contributed by atoms with E-state index in [1.807, 2.05) is 24.4 Å². The number of aromatic nitrogens is 3. The number of hydrogen-bond acceptors (Lipinski definition) is 4. The first-order chi connectivity index (χ1) is 10.1. The van der Waals surface area contributed by atoms with Crippen LogP contribution >= 0.6 is 0 Å². The average Bonchev–Trinajstić information content (AvgIpc) is 2.91. The Labute approximate surface area is 125 Å². The van der Waals surface area contributed by atoms with Crippen LogP contribution in [0.1, 0.15) is 51.9 Å². The molecule has 114 valence electrons. The summed E-state index contributed by atoms with van der Waals surface area (Å²) in [6.07, 6.45) is 5.16. The number of fused-ring (bicyclic) bond motifs is 1. The van der Waals surface area contributed by atoms with Gasteiger partial charge in [-0.05, 0) is 45.2 Å². The maximum absolute atomic E-state index is 5.91. The summed E-state index contributed by atoms with van der Waals surface area (Å²) >= 11 is 0. The Kier molecular flexibility index (Phi) is 3.95. The van der Waals surface area contributed by atoms with Gasteiger partial charge in [-0.3, -0.25) is 4.40 Å². The molecule has 0 aliphatic carbocycles. The molecule has 0 aromatic carbocycles. The van der Waals surface area contributed by atoms with Gasteiger partial charge in [-0.25, -0.2) is 0 Å². The Morgan fingerprint density at radius 2 is 2.33 bits per heavy atom. The largest absolute Gasteiger partial charge is 0.375 e. The molecule has 2 aromatic heterocycles. The van der Waals surface area contributed by atoms with Crippen LogP contribution in [0.2, 0.25) is 0 Å². The van der Waals surface area contributed by atoms with Crippen LogP contribution in [-0.4, -0.2) is 32.8 Å². The van der Waals surface area contributed by atoms with Crippen LogP contribution in [0.3, 0.4) is 0 Å². The van der Waals surface area contributed by atoms with Crippen molar-refractivity contribution in [1.29, 1.82) is 0 Å². The fraction of sp³-hybridized carbons (Fsp3) is 0.625. The van der Waals surface area contributed by atoms with E-state index in [2.05, 4.69) is 40.7 Å². The molecule has 5 heteroatoms. The number of pyridine rings is 1. The Balaban J connectivity index is 1.73. The molecular weight excluding hydrogens is 264 g/mol. The van der Waals surface area contributed by atoms with Gasteiger partial charge in [-0.2, -0.15) is 0 Å². The highest BCUT2D eigenvalue weighted by molar-refractivity contribution is 5.37. The zero-order valence-corrected chi connectivity index (χ0v) is 13.0. The summed E-state index contributed by atoms with van der Waals surface area (Å²) < 4.78 is 7.97. The van der Waals surface area contributed by atoms with Gasteiger partial charge in [0.2, 0.25) is 0 Å². The molecule has 3 atom stereocenters. The van der Waals surface area contributed by atoms with Crippen molar-refractivity contribution >= 4 is 5.65 Å². The minimum atomic E-state index is 0.00253. The number of nitrogens with zero attached hydrogens (tertiary/aromatic N) is 3. The second kappa shape index (κ2) is 5.73. The van der Waals surface area contributed by atoms with Crippen LogP contribution in [0.25, 0.3) is 5.65 Å². The van der Waals surface area contributed by atoms with Crippen molar-refractivity contribution in [3.63, 3.8) is 0 Å². The summed E-state index contributed by atoms with van der Waals surface area (Å²) in [6.45, 7) is 7.38. The van der Waals surface area contributed by atoms with Crippen molar-refractivity contribution < 1.29 is 4.74 Å². The molecule has 21 heavy (non-hydrogen) atoms. The normalized spacial score (nSPS) is 27.9. The molecule has 5 nitrogen and oxygen atoms in total. The highest BCUT2D eigenvalue weighted by Gasteiger charge is 2.32. The standard InChI is InChI=1S/C16H24N4O/c1-4-16(3)11-13(8-10-21-16)17-12(2)15-19-18-14-7-5-6-9-20(14)15/h5-7,9,12-13,17H,4,8,10-11H2,1-3H3. The highest BCUT2D eigenvalue weighted by Crippen LogP contribution is 2.29. The summed E-state index contributed by atoms with van der Waals surface area (Å²) in [5, 5.41) is 12.3. The minimum Gasteiger partial charge on any atom is -0.375 e. The fourth-order valence-corrected chi connectivity index (χ4v) is 3.10. The average molecular weight is 288 g/mol. The van der Waals surface area contributed by atoms with Crippen molar-refractivity contribution in [2.24, 2.45) is 0 Å². The maximum atomic E-state index is 5.91. The lowest BCUT2D eigenvalue weighted by atomic mass is 9.89. The number of nitrogens with one attached hydrogen (secondary N) is 1. The van der Waals surface area contributed by atoms with Gasteiger partial charge in [0.05, 0.1) is 11.6 Å². The van der Waals surface area contributed by atoms with Crippen LogP contribution in [0.4, 0.5) is 0 Å². The Bertz CT molecular complexity index is 611. The predicted octanol–water partition coefficient (Wildman–Crippen LogP) is 2.73. The highest BCUT2D eigenvalue weighted by atomic mass is 16.5. The quantitative estimate of drug-likeness (QED) is 0.940. The second-order valence-electron chi connectivity index (χ2n) is 6.22. The molecule has 0 saturated carbocycles. The van der Waals surface area contributed by atoms with E-state index >= 15 is 0 Å². The lowest BCUT2D eigenvalue weighted by molar-refractivity contribution is -0.0790. The molecule has 2 aromatic rings. The van der Waals surface area contributed by atoms with Gasteiger partial charge in [0.25, 0.3) is 0 Å². The third-order valence-electron chi connectivity index (χ3n) is 4.56. The molecule has 1 aliphatic heterocycles. The molecule has 1 aliphatic rings. The third-order valence-corrected chi connectivity index (χ3v) is 4.56. The number of rotatable bonds is 4. The zero-order chi connectivity index (χ0) is 14.9. The molecule has 0 amide bonds. The second-order valence-corrected chi connectivity index (χ2v) is 6.22. The Hall–Kier alpha value is -1.46. The van der Waals surface area contributed by atoms with Crippen molar-refractivity contribution in [2.45, 2.75) is 57.7 Å². The molecule has 1 fully saturated rings. The van der Waals surface area contributed by atoms with E-state index in [1.54, 1.807) is 0 Å². The van der Waals surface area contributed by atoms with E-state index in [4.69, 9.17) is 4.74 Å². The zero-order valence-electron chi connectivity index (χ0n) is 13.0. The summed E-state index contributed by atoms with van der Waals surface area (Å²) in [6, 6.07) is 6.61. The first-order valence-electron chi connectivity index (χ1n) is 7.81. The third kappa shape index (κ3) is 2.94. The van der Waals surface area contributed by atoms with Gasteiger partial charge in [0, 0.05) is 18.8 Å². The van der Waals surface area contributed by atoms with Gasteiger partial charge >= 0.3 is 0 Å². The van der Waals surface area contributed by atoms with Gasteiger partial charge < -0.3 is 10.1 Å². The SMILES string of the molecule is CCC1(C)CC(NC(C)c2nnc3ccccn23)CCO1. The van der Waals surface area contributed by atoms with Crippen molar-refractivity contribution in [3.8, 4) is 0 Å². The van der Waals surface area contributed by atoms with Gasteiger partial charge in [-0.15, -0.1) is 10.2 Å². The van der Waals surface area contributed by atoms with Crippen molar-refractivity contribution in [3.05, 3.63) is 30.2 Å². The summed E-state index contributed by atoms with van der Waals surface area (Å²) in [5.74, 6) is 0.968. The van der Waals surface area contributed by atoms with Gasteiger partial charge in [0.15, 0.2) is 11.5 Å². The summed E-state index contributed by atoms with van der Waals surface area (Å²) in [4.78, 5) is 0. The molecule has 0 spiro atoms. The van der Waals surface area contributed by atoms with Crippen LogP contribution in [-0.2, 0) is 4.74 Å². The number of hydrogen-bond donors (Lipinski definition) is 1. The monoisotopic (exact) mass is 288 g/mol. The van der Waals surface area contributed by atoms with E-state index in [-0.39, 0.29) is 11.6 Å². The van der Waals surface area contributed by atoms with Gasteiger partial charge in [-0.1, -0.05) is 13.0 Å². The van der Waals surface area contributed by atoms with Crippen molar-refractivity contribution in [1.82, 2.24) is 19.9 Å². The number of ether oxygens (including phenoxy) is 1. The van der Waals surface area contributed by atoms with Crippen LogP contribution < -0.4 is 5.32 Å². The van der Waals surface area contributed by atoms with Crippen LogP contribution in [0.5, 0.6) is 0 Å². The smallest absolute Gasteiger partial charge is 0.160 e. The molecule has 3 heterocycles. The summed E-state index contributed by atoms with van der Waals surface area (Å²) in [7, 11) is 0. The van der Waals surface area contributed by atoms with E-state index in [9.17, 15) is 0 Å². The van der Waals surface area contributed by atoms with E-state index in [1.165, 1.54) is 0 Å². The molecule has 3 rings (SSSR count). The topological polar surface area (TPSA) is 51.5 Å². The molecular formula is C16H24N4O. The lowest BCUT2D eigenvalue weighted by Crippen LogP contribution is -2.45. The Morgan fingerprint density at radius 1 is 1.48 bits per heavy atom. The lowest BCUT2D eigenvalue weighted by Gasteiger charge is -2.39. The van der Waals surface area contributed by atoms with Crippen LogP contribution in [0, 0.1) is 0 Å². The minimum absolute atomic E-state index is 0.00253. The first kappa shape index (κ1) is 14.5.